The molecule has 1 fully saturated rings. The standard InChI is InChI=1S/C12H22N4/c1(8-16-9-7-15-11-16)4-14-10-12-2-5-13-6-3-12/h7,9,11-14H,1-6,8,10H2. The zero-order valence-electron chi connectivity index (χ0n) is 9.86. The Kier molecular flexibility index (Phi) is 4.83. The van der Waals surface area contributed by atoms with Gasteiger partial charge in [-0.1, -0.05) is 0 Å². The van der Waals surface area contributed by atoms with Crippen LogP contribution in [0.15, 0.2) is 18.7 Å². The van der Waals surface area contributed by atoms with E-state index >= 15 is 0 Å². The summed E-state index contributed by atoms with van der Waals surface area (Å²) in [5, 5.41) is 6.95. The average molecular weight is 222 g/mol. The normalized spacial score (nSPS) is 17.8. The van der Waals surface area contributed by atoms with Crippen molar-refractivity contribution in [3.63, 3.8) is 0 Å². The second-order valence-corrected chi connectivity index (χ2v) is 4.55. The van der Waals surface area contributed by atoms with E-state index in [1.807, 2.05) is 18.7 Å². The number of piperidine rings is 1. The van der Waals surface area contributed by atoms with E-state index in [2.05, 4.69) is 20.2 Å². The summed E-state index contributed by atoms with van der Waals surface area (Å²) in [5.41, 5.74) is 0. The second kappa shape index (κ2) is 6.66. The molecule has 0 bridgehead atoms. The van der Waals surface area contributed by atoms with E-state index in [4.69, 9.17) is 0 Å². The fourth-order valence-corrected chi connectivity index (χ4v) is 2.20. The molecule has 2 rings (SSSR count). The number of aromatic nitrogens is 2. The Morgan fingerprint density at radius 1 is 1.38 bits per heavy atom. The molecule has 1 aromatic heterocycles. The molecule has 1 aliphatic heterocycles. The van der Waals surface area contributed by atoms with Crippen molar-refractivity contribution in [1.29, 1.82) is 0 Å². The van der Waals surface area contributed by atoms with Crippen molar-refractivity contribution in [3.05, 3.63) is 18.7 Å². The lowest BCUT2D eigenvalue weighted by Crippen LogP contribution is -2.34. The molecule has 0 radical (unpaired) electrons. The first kappa shape index (κ1) is 11.6. The van der Waals surface area contributed by atoms with Gasteiger partial charge in [-0.05, 0) is 51.4 Å². The van der Waals surface area contributed by atoms with Crippen LogP contribution in [0, 0.1) is 5.92 Å². The summed E-state index contributed by atoms with van der Waals surface area (Å²) in [5.74, 6) is 0.884. The Balaban J connectivity index is 1.48. The third kappa shape index (κ3) is 3.94. The molecule has 1 aliphatic rings. The second-order valence-electron chi connectivity index (χ2n) is 4.55. The van der Waals surface area contributed by atoms with Gasteiger partial charge in [-0.25, -0.2) is 4.98 Å². The van der Waals surface area contributed by atoms with Crippen LogP contribution in [-0.2, 0) is 6.54 Å². The minimum atomic E-state index is 0.884. The third-order valence-electron chi connectivity index (χ3n) is 3.22. The highest BCUT2D eigenvalue weighted by Gasteiger charge is 2.11. The van der Waals surface area contributed by atoms with Gasteiger partial charge in [0, 0.05) is 18.9 Å². The summed E-state index contributed by atoms with van der Waals surface area (Å²) in [6, 6.07) is 0. The van der Waals surface area contributed by atoms with Crippen molar-refractivity contribution in [2.24, 2.45) is 5.92 Å². The number of hydrogen-bond acceptors (Lipinski definition) is 3. The molecular formula is C12H22N4. The largest absolute Gasteiger partial charge is 0.337 e. The molecule has 16 heavy (non-hydrogen) atoms. The van der Waals surface area contributed by atoms with Crippen molar-refractivity contribution >= 4 is 0 Å². The van der Waals surface area contributed by atoms with Crippen LogP contribution in [0.3, 0.4) is 0 Å². The smallest absolute Gasteiger partial charge is 0.0945 e. The lowest BCUT2D eigenvalue weighted by molar-refractivity contribution is 0.355. The zero-order chi connectivity index (χ0) is 11.1. The number of aryl methyl sites for hydroxylation is 1. The van der Waals surface area contributed by atoms with Gasteiger partial charge in [0.1, 0.15) is 0 Å². The van der Waals surface area contributed by atoms with Crippen molar-refractivity contribution < 1.29 is 0 Å². The van der Waals surface area contributed by atoms with Gasteiger partial charge in [0.25, 0.3) is 0 Å². The van der Waals surface area contributed by atoms with Crippen LogP contribution in [0.4, 0.5) is 0 Å². The van der Waals surface area contributed by atoms with Crippen molar-refractivity contribution in [2.45, 2.75) is 25.8 Å². The van der Waals surface area contributed by atoms with E-state index in [9.17, 15) is 0 Å². The van der Waals surface area contributed by atoms with Gasteiger partial charge in [-0.3, -0.25) is 0 Å². The summed E-state index contributed by atoms with van der Waals surface area (Å²) in [7, 11) is 0. The highest BCUT2D eigenvalue weighted by Crippen LogP contribution is 2.09. The fraction of sp³-hybridized carbons (Fsp3) is 0.750. The molecule has 0 spiro atoms. The predicted molar refractivity (Wildman–Crippen MR) is 65.3 cm³/mol. The maximum absolute atomic E-state index is 4.03. The molecule has 2 N–H and O–H groups in total. The molecule has 2 heterocycles. The van der Waals surface area contributed by atoms with Gasteiger partial charge in [0.2, 0.25) is 0 Å². The van der Waals surface area contributed by atoms with Gasteiger partial charge in [0.05, 0.1) is 6.33 Å². The average Bonchev–Trinajstić information content (AvgIpc) is 2.83. The minimum absolute atomic E-state index is 0.884. The van der Waals surface area contributed by atoms with Gasteiger partial charge >= 0.3 is 0 Å². The van der Waals surface area contributed by atoms with Gasteiger partial charge in [-0.15, -0.1) is 0 Å². The predicted octanol–water partition coefficient (Wildman–Crippen LogP) is 0.862. The SMILES string of the molecule is c1cn(CCCNCC2CCNCC2)cn1. The van der Waals surface area contributed by atoms with Crippen LogP contribution in [0.1, 0.15) is 19.3 Å². The molecular weight excluding hydrogens is 200 g/mol. The first-order valence-electron chi connectivity index (χ1n) is 6.32. The summed E-state index contributed by atoms with van der Waals surface area (Å²) in [6.45, 7) is 5.76. The molecule has 90 valence electrons. The van der Waals surface area contributed by atoms with Gasteiger partial charge < -0.3 is 15.2 Å². The highest BCUT2D eigenvalue weighted by molar-refractivity contribution is 4.74. The van der Waals surface area contributed by atoms with Crippen LogP contribution in [0.25, 0.3) is 0 Å². The van der Waals surface area contributed by atoms with Crippen molar-refractivity contribution in [2.75, 3.05) is 26.2 Å². The topological polar surface area (TPSA) is 41.9 Å². The molecule has 0 atom stereocenters. The van der Waals surface area contributed by atoms with E-state index in [1.165, 1.54) is 38.9 Å². The molecule has 4 heteroatoms. The Morgan fingerprint density at radius 3 is 3.00 bits per heavy atom. The summed E-state index contributed by atoms with van der Waals surface area (Å²) in [4.78, 5) is 4.03. The third-order valence-corrected chi connectivity index (χ3v) is 3.22. The Morgan fingerprint density at radius 2 is 2.25 bits per heavy atom. The molecule has 4 nitrogen and oxygen atoms in total. The number of rotatable bonds is 6. The lowest BCUT2D eigenvalue weighted by Gasteiger charge is -2.22. The van der Waals surface area contributed by atoms with Gasteiger partial charge in [0.15, 0.2) is 0 Å². The molecule has 0 saturated carbocycles. The molecule has 0 aliphatic carbocycles. The number of imidazole rings is 1. The summed E-state index contributed by atoms with van der Waals surface area (Å²) in [6.07, 6.45) is 9.58. The molecule has 1 saturated heterocycles. The maximum atomic E-state index is 4.03. The Bertz CT molecular complexity index is 265. The lowest BCUT2D eigenvalue weighted by atomic mass is 9.98. The zero-order valence-corrected chi connectivity index (χ0v) is 9.86. The van der Waals surface area contributed by atoms with E-state index in [1.54, 1.807) is 0 Å². The summed E-state index contributed by atoms with van der Waals surface area (Å²) >= 11 is 0. The van der Waals surface area contributed by atoms with Gasteiger partial charge in [-0.2, -0.15) is 0 Å². The Hall–Kier alpha value is -0.870. The molecule has 0 amide bonds. The van der Waals surface area contributed by atoms with E-state index in [-0.39, 0.29) is 0 Å². The number of nitrogens with zero attached hydrogens (tertiary/aromatic N) is 2. The van der Waals surface area contributed by atoms with Crippen LogP contribution < -0.4 is 10.6 Å². The quantitative estimate of drug-likeness (QED) is 0.702. The fourth-order valence-electron chi connectivity index (χ4n) is 2.20. The molecule has 0 unspecified atom stereocenters. The highest BCUT2D eigenvalue weighted by atomic mass is 15.0. The maximum Gasteiger partial charge on any atom is 0.0945 e. The van der Waals surface area contributed by atoms with Crippen molar-refractivity contribution in [1.82, 2.24) is 20.2 Å². The van der Waals surface area contributed by atoms with Crippen LogP contribution in [-0.4, -0.2) is 35.7 Å². The summed E-state index contributed by atoms with van der Waals surface area (Å²) < 4.78 is 2.13. The first-order valence-corrected chi connectivity index (χ1v) is 6.32. The monoisotopic (exact) mass is 222 g/mol. The van der Waals surface area contributed by atoms with E-state index in [0.29, 0.717) is 0 Å². The minimum Gasteiger partial charge on any atom is -0.337 e. The number of hydrogen-bond donors (Lipinski definition) is 2. The first-order chi connectivity index (χ1) is 7.95. The van der Waals surface area contributed by atoms with Crippen molar-refractivity contribution in [3.8, 4) is 0 Å². The van der Waals surface area contributed by atoms with Crippen LogP contribution in [0.5, 0.6) is 0 Å². The molecule has 1 aromatic rings. The van der Waals surface area contributed by atoms with E-state index in [0.717, 1.165) is 19.0 Å². The molecule has 0 aromatic carbocycles. The Labute approximate surface area is 97.4 Å². The van der Waals surface area contributed by atoms with Crippen LogP contribution >= 0.6 is 0 Å². The number of nitrogens with one attached hydrogen (secondary N) is 2. The van der Waals surface area contributed by atoms with E-state index < -0.39 is 0 Å². The van der Waals surface area contributed by atoms with Crippen LogP contribution in [0.2, 0.25) is 0 Å².